The Morgan fingerprint density at radius 3 is 2.53 bits per heavy atom. The number of ether oxygens (including phenoxy) is 1. The molecule has 1 fully saturated rings. The molecule has 2 unspecified atom stereocenters. The Balaban J connectivity index is 1.95. The fraction of sp³-hybridized carbons (Fsp3) is 0.538. The summed E-state index contributed by atoms with van der Waals surface area (Å²) in [7, 11) is 1.95. The minimum atomic E-state index is -4.62. The molecular weight excluding hydrogens is 275 g/mol. The lowest BCUT2D eigenvalue weighted by atomic mass is 9.95. The van der Waals surface area contributed by atoms with Crippen LogP contribution in [-0.2, 0) is 6.42 Å². The van der Waals surface area contributed by atoms with Crippen LogP contribution in [0.25, 0.3) is 0 Å². The molecule has 0 bridgehead atoms. The van der Waals surface area contributed by atoms with Crippen molar-refractivity contribution in [2.75, 3.05) is 18.6 Å². The second kappa shape index (κ2) is 6.05. The van der Waals surface area contributed by atoms with Crippen LogP contribution in [0.4, 0.5) is 13.2 Å². The Hall–Kier alpha value is -0.880. The van der Waals surface area contributed by atoms with Crippen molar-refractivity contribution >= 4 is 11.8 Å². The Morgan fingerprint density at radius 2 is 1.95 bits per heavy atom. The molecule has 2 rings (SSSR count). The van der Waals surface area contributed by atoms with Crippen molar-refractivity contribution in [1.29, 1.82) is 0 Å². The third kappa shape index (κ3) is 4.31. The first-order chi connectivity index (χ1) is 8.98. The van der Waals surface area contributed by atoms with Gasteiger partial charge in [-0.25, -0.2) is 0 Å². The molecule has 1 aromatic carbocycles. The van der Waals surface area contributed by atoms with Gasteiger partial charge in [-0.1, -0.05) is 12.1 Å². The average molecular weight is 291 g/mol. The maximum absolute atomic E-state index is 12.0. The van der Waals surface area contributed by atoms with Crippen LogP contribution in [0, 0.1) is 5.92 Å². The predicted octanol–water partition coefficient (Wildman–Crippen LogP) is 3.08. The highest BCUT2D eigenvalue weighted by molar-refractivity contribution is 7.99. The van der Waals surface area contributed by atoms with E-state index in [2.05, 4.69) is 10.1 Å². The van der Waals surface area contributed by atoms with Gasteiger partial charge < -0.3 is 10.1 Å². The van der Waals surface area contributed by atoms with E-state index >= 15 is 0 Å². The first kappa shape index (κ1) is 14.5. The van der Waals surface area contributed by atoms with Gasteiger partial charge in [-0.05, 0) is 42.8 Å². The molecule has 0 aliphatic carbocycles. The third-order valence-electron chi connectivity index (χ3n) is 3.22. The smallest absolute Gasteiger partial charge is 0.406 e. The first-order valence-corrected chi connectivity index (χ1v) is 7.23. The lowest BCUT2D eigenvalue weighted by Gasteiger charge is -2.18. The second-order valence-corrected chi connectivity index (χ2v) is 5.66. The van der Waals surface area contributed by atoms with E-state index in [0.29, 0.717) is 12.0 Å². The molecule has 0 radical (unpaired) electrons. The molecule has 6 heteroatoms. The zero-order valence-corrected chi connectivity index (χ0v) is 11.4. The van der Waals surface area contributed by atoms with E-state index in [-0.39, 0.29) is 5.75 Å². The lowest BCUT2D eigenvalue weighted by Crippen LogP contribution is -2.33. The van der Waals surface area contributed by atoms with Crippen molar-refractivity contribution in [3.05, 3.63) is 29.8 Å². The number of thioether (sulfide) groups is 1. The molecule has 1 aliphatic rings. The van der Waals surface area contributed by atoms with E-state index in [1.807, 2.05) is 18.8 Å². The molecular formula is C13H16F3NOS. The summed E-state index contributed by atoms with van der Waals surface area (Å²) in [5, 5.41) is 3.28. The molecule has 2 nitrogen and oxygen atoms in total. The van der Waals surface area contributed by atoms with Gasteiger partial charge >= 0.3 is 6.36 Å². The van der Waals surface area contributed by atoms with Gasteiger partial charge in [0.2, 0.25) is 0 Å². The minimum Gasteiger partial charge on any atom is -0.406 e. The van der Waals surface area contributed by atoms with Crippen LogP contribution >= 0.6 is 11.8 Å². The van der Waals surface area contributed by atoms with Crippen molar-refractivity contribution in [3.8, 4) is 5.75 Å². The van der Waals surface area contributed by atoms with Crippen LogP contribution in [0.3, 0.4) is 0 Å². The number of benzene rings is 1. The van der Waals surface area contributed by atoms with Gasteiger partial charge in [-0.3, -0.25) is 0 Å². The van der Waals surface area contributed by atoms with Crippen LogP contribution in [-0.4, -0.2) is 31.0 Å². The van der Waals surface area contributed by atoms with Gasteiger partial charge in [0.05, 0.1) is 0 Å². The average Bonchev–Trinajstić information content (AvgIpc) is 2.77. The second-order valence-electron chi connectivity index (χ2n) is 4.59. The van der Waals surface area contributed by atoms with E-state index in [9.17, 15) is 13.2 Å². The van der Waals surface area contributed by atoms with Crippen LogP contribution in [0.5, 0.6) is 5.75 Å². The summed E-state index contributed by atoms with van der Waals surface area (Å²) in [5.41, 5.74) is 1.04. The minimum absolute atomic E-state index is 0.165. The highest BCUT2D eigenvalue weighted by Crippen LogP contribution is 2.28. The normalized spacial score (nSPS) is 23.6. The molecule has 0 spiro atoms. The van der Waals surface area contributed by atoms with Crippen LogP contribution in [0.2, 0.25) is 0 Å². The molecule has 0 aromatic heterocycles. The zero-order valence-electron chi connectivity index (χ0n) is 10.5. The molecule has 1 heterocycles. The number of halogens is 3. The van der Waals surface area contributed by atoms with Gasteiger partial charge in [0.1, 0.15) is 5.75 Å². The van der Waals surface area contributed by atoms with Crippen molar-refractivity contribution < 1.29 is 17.9 Å². The third-order valence-corrected chi connectivity index (χ3v) is 4.48. The highest BCUT2D eigenvalue weighted by atomic mass is 32.2. The summed E-state index contributed by atoms with van der Waals surface area (Å²) in [5.74, 6) is 2.55. The molecule has 2 atom stereocenters. The monoisotopic (exact) mass is 291 g/mol. The number of rotatable bonds is 4. The largest absolute Gasteiger partial charge is 0.573 e. The van der Waals surface area contributed by atoms with Crippen LogP contribution in [0.15, 0.2) is 24.3 Å². The number of nitrogens with one attached hydrogen (secondary N) is 1. The number of alkyl halides is 3. The van der Waals surface area contributed by atoms with Crippen LogP contribution in [0.1, 0.15) is 5.56 Å². The summed E-state index contributed by atoms with van der Waals surface area (Å²) in [6.07, 6.45) is -3.74. The summed E-state index contributed by atoms with van der Waals surface area (Å²) < 4.78 is 40.0. The van der Waals surface area contributed by atoms with E-state index in [0.717, 1.165) is 23.5 Å². The lowest BCUT2D eigenvalue weighted by molar-refractivity contribution is -0.274. The standard InChI is InChI=1S/C13H16F3NOS/c1-17-12-8-19-7-10(12)6-9-2-4-11(5-3-9)18-13(14,15)16/h2-5,10,12,17H,6-8H2,1H3. The SMILES string of the molecule is CNC1CSCC1Cc1ccc(OC(F)(F)F)cc1. The molecule has 1 N–H and O–H groups in total. The maximum atomic E-state index is 12.0. The van der Waals surface area contributed by atoms with Gasteiger partial charge in [0.25, 0.3) is 0 Å². The summed E-state index contributed by atoms with van der Waals surface area (Å²) in [4.78, 5) is 0. The summed E-state index contributed by atoms with van der Waals surface area (Å²) in [6, 6.07) is 6.64. The Labute approximate surface area is 114 Å². The summed E-state index contributed by atoms with van der Waals surface area (Å²) in [6.45, 7) is 0. The van der Waals surface area contributed by atoms with Gasteiger partial charge in [-0.2, -0.15) is 11.8 Å². The van der Waals surface area contributed by atoms with E-state index in [4.69, 9.17) is 0 Å². The maximum Gasteiger partial charge on any atom is 0.573 e. The van der Waals surface area contributed by atoms with Crippen molar-refractivity contribution in [3.63, 3.8) is 0 Å². The predicted molar refractivity (Wildman–Crippen MR) is 70.5 cm³/mol. The van der Waals surface area contributed by atoms with Gasteiger partial charge in [-0.15, -0.1) is 13.2 Å². The van der Waals surface area contributed by atoms with E-state index in [1.54, 1.807) is 12.1 Å². The fourth-order valence-corrected chi connectivity index (χ4v) is 3.73. The fourth-order valence-electron chi connectivity index (χ4n) is 2.25. The zero-order chi connectivity index (χ0) is 13.9. The quantitative estimate of drug-likeness (QED) is 0.921. The van der Waals surface area contributed by atoms with Gasteiger partial charge in [0, 0.05) is 11.8 Å². The molecule has 0 amide bonds. The topological polar surface area (TPSA) is 21.3 Å². The van der Waals surface area contributed by atoms with Crippen molar-refractivity contribution in [2.45, 2.75) is 18.8 Å². The summed E-state index contributed by atoms with van der Waals surface area (Å²) >= 11 is 1.91. The van der Waals surface area contributed by atoms with E-state index < -0.39 is 6.36 Å². The molecule has 0 saturated carbocycles. The van der Waals surface area contributed by atoms with E-state index in [1.165, 1.54) is 12.1 Å². The molecule has 106 valence electrons. The molecule has 1 aromatic rings. The van der Waals surface area contributed by atoms with Gasteiger partial charge in [0.15, 0.2) is 0 Å². The molecule has 1 saturated heterocycles. The Kier molecular flexibility index (Phi) is 4.62. The highest BCUT2D eigenvalue weighted by Gasteiger charge is 2.31. The Morgan fingerprint density at radius 1 is 1.26 bits per heavy atom. The Bertz CT molecular complexity index is 407. The number of hydrogen-bond acceptors (Lipinski definition) is 3. The van der Waals surface area contributed by atoms with Crippen molar-refractivity contribution in [1.82, 2.24) is 5.32 Å². The van der Waals surface area contributed by atoms with Crippen LogP contribution < -0.4 is 10.1 Å². The van der Waals surface area contributed by atoms with Crippen molar-refractivity contribution in [2.24, 2.45) is 5.92 Å². The molecule has 1 aliphatic heterocycles. The molecule has 19 heavy (non-hydrogen) atoms. The first-order valence-electron chi connectivity index (χ1n) is 6.07. The number of hydrogen-bond donors (Lipinski definition) is 1.